The van der Waals surface area contributed by atoms with E-state index in [0.29, 0.717) is 17.1 Å². The maximum Gasteiger partial charge on any atom is 0.352 e. The summed E-state index contributed by atoms with van der Waals surface area (Å²) in [6.45, 7) is 0. The van der Waals surface area contributed by atoms with Crippen LogP contribution in [0, 0.1) is 0 Å². The van der Waals surface area contributed by atoms with E-state index in [2.05, 4.69) is 10.6 Å². The highest BCUT2D eigenvalue weighted by Crippen LogP contribution is 2.31. The number of carbonyl (C=O) groups is 2. The number of aliphatic carboxylic acids is 1. The number of hydrogen-bond donors (Lipinski definition) is 3. The highest BCUT2D eigenvalue weighted by Gasteiger charge is 2.25. The van der Waals surface area contributed by atoms with Crippen LogP contribution < -0.4 is 20.1 Å². The molecule has 0 radical (unpaired) electrons. The van der Waals surface area contributed by atoms with Crippen molar-refractivity contribution in [3.63, 3.8) is 0 Å². The van der Waals surface area contributed by atoms with Crippen molar-refractivity contribution in [2.24, 2.45) is 0 Å². The van der Waals surface area contributed by atoms with Crippen molar-refractivity contribution in [3.05, 3.63) is 35.5 Å². The minimum atomic E-state index is -1.20. The Morgan fingerprint density at radius 1 is 1.30 bits per heavy atom. The second-order valence-corrected chi connectivity index (χ2v) is 4.07. The van der Waals surface area contributed by atoms with Gasteiger partial charge in [-0.2, -0.15) is 0 Å². The number of amides is 2. The third-order valence-corrected chi connectivity index (χ3v) is 2.87. The smallest absolute Gasteiger partial charge is 0.352 e. The van der Waals surface area contributed by atoms with E-state index in [0.717, 1.165) is 0 Å². The molecule has 106 valence electrons. The number of ether oxygens (including phenoxy) is 2. The fraction of sp³-hybridized carbons (Fsp3) is 0.231. The fourth-order valence-corrected chi connectivity index (χ4v) is 1.92. The van der Waals surface area contributed by atoms with Crippen molar-refractivity contribution >= 4 is 12.0 Å². The van der Waals surface area contributed by atoms with E-state index in [1.807, 2.05) is 0 Å². The van der Waals surface area contributed by atoms with Crippen molar-refractivity contribution in [1.29, 1.82) is 0 Å². The van der Waals surface area contributed by atoms with Gasteiger partial charge < -0.3 is 25.2 Å². The Kier molecular flexibility index (Phi) is 3.79. The molecule has 0 spiro atoms. The van der Waals surface area contributed by atoms with Crippen LogP contribution in [0.5, 0.6) is 11.5 Å². The monoisotopic (exact) mass is 278 g/mol. The SMILES string of the molecule is COc1ccc(OC)c(C2C=C(C(=O)O)NC(=O)N2)c1. The Balaban J connectivity index is 2.46. The second-order valence-electron chi connectivity index (χ2n) is 4.07. The molecule has 1 aromatic carbocycles. The number of nitrogens with one attached hydrogen (secondary N) is 2. The quantitative estimate of drug-likeness (QED) is 0.764. The van der Waals surface area contributed by atoms with E-state index in [1.165, 1.54) is 20.3 Å². The van der Waals surface area contributed by atoms with E-state index in [4.69, 9.17) is 14.6 Å². The molecule has 7 nitrogen and oxygen atoms in total. The number of rotatable bonds is 4. The predicted molar refractivity (Wildman–Crippen MR) is 69.7 cm³/mol. The van der Waals surface area contributed by atoms with E-state index in [9.17, 15) is 9.59 Å². The molecule has 3 N–H and O–H groups in total. The first-order valence-corrected chi connectivity index (χ1v) is 5.79. The van der Waals surface area contributed by atoms with E-state index >= 15 is 0 Å². The van der Waals surface area contributed by atoms with E-state index < -0.39 is 18.0 Å². The maximum atomic E-state index is 11.5. The summed E-state index contributed by atoms with van der Waals surface area (Å²) < 4.78 is 10.4. The average Bonchev–Trinajstić information content (AvgIpc) is 2.45. The van der Waals surface area contributed by atoms with Crippen LogP contribution in [0.1, 0.15) is 11.6 Å². The highest BCUT2D eigenvalue weighted by molar-refractivity contribution is 5.93. The van der Waals surface area contributed by atoms with Crippen LogP contribution in [0.3, 0.4) is 0 Å². The van der Waals surface area contributed by atoms with Gasteiger partial charge in [-0.25, -0.2) is 9.59 Å². The molecule has 0 aromatic heterocycles. The molecule has 2 amide bonds. The summed E-state index contributed by atoms with van der Waals surface area (Å²) in [5, 5.41) is 13.8. The standard InChI is InChI=1S/C13H14N2O5/c1-19-7-3-4-11(20-2)8(5-7)9-6-10(12(16)17)15-13(18)14-9/h3-6,9H,1-2H3,(H,16,17)(H2,14,15,18). The summed E-state index contributed by atoms with van der Waals surface area (Å²) in [5.74, 6) is -0.0930. The lowest BCUT2D eigenvalue weighted by molar-refractivity contribution is -0.133. The Bertz CT molecular complexity index is 582. The molecule has 1 aliphatic heterocycles. The summed E-state index contributed by atoms with van der Waals surface area (Å²) in [5.41, 5.74) is 0.434. The zero-order valence-electron chi connectivity index (χ0n) is 11.0. The average molecular weight is 278 g/mol. The molecule has 0 fully saturated rings. The molecule has 0 aliphatic carbocycles. The lowest BCUT2D eigenvalue weighted by atomic mass is 10.0. The summed E-state index contributed by atoms with van der Waals surface area (Å²) in [7, 11) is 3.02. The van der Waals surface area contributed by atoms with Crippen LogP contribution in [0.4, 0.5) is 4.79 Å². The molecule has 1 unspecified atom stereocenters. The number of hydrogen-bond acceptors (Lipinski definition) is 4. The Hall–Kier alpha value is -2.70. The van der Waals surface area contributed by atoms with E-state index in [1.54, 1.807) is 18.2 Å². The number of benzene rings is 1. The third kappa shape index (κ3) is 2.66. The zero-order chi connectivity index (χ0) is 14.7. The van der Waals surface area contributed by atoms with Gasteiger partial charge in [0.2, 0.25) is 0 Å². The molecule has 0 bridgehead atoms. The maximum absolute atomic E-state index is 11.5. The number of urea groups is 1. The van der Waals surface area contributed by atoms with Crippen LogP contribution in [0.2, 0.25) is 0 Å². The Morgan fingerprint density at radius 3 is 2.65 bits per heavy atom. The summed E-state index contributed by atoms with van der Waals surface area (Å²) in [6.07, 6.45) is 1.40. The number of carboxylic acids is 1. The second kappa shape index (κ2) is 5.52. The molecule has 7 heteroatoms. The topological polar surface area (TPSA) is 96.9 Å². The molecule has 1 heterocycles. The van der Waals surface area contributed by atoms with Gasteiger partial charge in [0.25, 0.3) is 0 Å². The molecular formula is C13H14N2O5. The lowest BCUT2D eigenvalue weighted by Gasteiger charge is -2.24. The first-order valence-electron chi connectivity index (χ1n) is 5.79. The largest absolute Gasteiger partial charge is 0.497 e. The molecule has 2 rings (SSSR count). The minimum Gasteiger partial charge on any atom is -0.497 e. The van der Waals surface area contributed by atoms with E-state index in [-0.39, 0.29) is 5.70 Å². The van der Waals surface area contributed by atoms with Gasteiger partial charge in [0.1, 0.15) is 17.2 Å². The van der Waals surface area contributed by atoms with Gasteiger partial charge in [0.05, 0.1) is 20.3 Å². The Morgan fingerprint density at radius 2 is 2.05 bits per heavy atom. The third-order valence-electron chi connectivity index (χ3n) is 2.87. The van der Waals surface area contributed by atoms with Gasteiger partial charge in [-0.15, -0.1) is 0 Å². The van der Waals surface area contributed by atoms with Gasteiger partial charge in [-0.05, 0) is 24.3 Å². The van der Waals surface area contributed by atoms with Crippen LogP contribution in [0.25, 0.3) is 0 Å². The van der Waals surface area contributed by atoms with Crippen molar-refractivity contribution in [3.8, 4) is 11.5 Å². The van der Waals surface area contributed by atoms with Crippen molar-refractivity contribution < 1.29 is 24.2 Å². The summed E-state index contributed by atoms with van der Waals surface area (Å²) >= 11 is 0. The first-order chi connectivity index (χ1) is 9.55. The highest BCUT2D eigenvalue weighted by atomic mass is 16.5. The van der Waals surface area contributed by atoms with Crippen LogP contribution >= 0.6 is 0 Å². The first kappa shape index (κ1) is 13.7. The lowest BCUT2D eigenvalue weighted by Crippen LogP contribution is -2.43. The van der Waals surface area contributed by atoms with Crippen molar-refractivity contribution in [1.82, 2.24) is 10.6 Å². The predicted octanol–water partition coefficient (Wildman–Crippen LogP) is 1.03. The number of carbonyl (C=O) groups excluding carboxylic acids is 1. The van der Waals surface area contributed by atoms with Crippen molar-refractivity contribution in [2.75, 3.05) is 14.2 Å². The van der Waals surface area contributed by atoms with Crippen LogP contribution in [0.15, 0.2) is 30.0 Å². The van der Waals surface area contributed by atoms with Gasteiger partial charge in [-0.3, -0.25) is 0 Å². The molecule has 1 aliphatic rings. The van der Waals surface area contributed by atoms with Gasteiger partial charge >= 0.3 is 12.0 Å². The van der Waals surface area contributed by atoms with Crippen LogP contribution in [-0.2, 0) is 4.79 Å². The number of carboxylic acid groups (broad SMARTS) is 1. The molecule has 1 atom stereocenters. The molecule has 0 saturated carbocycles. The normalized spacial score (nSPS) is 17.6. The van der Waals surface area contributed by atoms with Gasteiger partial charge in [0.15, 0.2) is 0 Å². The summed E-state index contributed by atoms with van der Waals surface area (Å²) in [4.78, 5) is 22.5. The molecule has 0 saturated heterocycles. The van der Waals surface area contributed by atoms with Crippen LogP contribution in [-0.4, -0.2) is 31.3 Å². The molecular weight excluding hydrogens is 264 g/mol. The summed E-state index contributed by atoms with van der Waals surface area (Å²) in [6, 6.07) is 3.90. The Labute approximate surface area is 115 Å². The molecule has 1 aromatic rings. The van der Waals surface area contributed by atoms with Crippen molar-refractivity contribution in [2.45, 2.75) is 6.04 Å². The molecule has 20 heavy (non-hydrogen) atoms. The van der Waals surface area contributed by atoms with Gasteiger partial charge in [0, 0.05) is 5.56 Å². The minimum absolute atomic E-state index is 0.177. The van der Waals surface area contributed by atoms with Gasteiger partial charge in [-0.1, -0.05) is 0 Å². The zero-order valence-corrected chi connectivity index (χ0v) is 11.0. The number of methoxy groups -OCH3 is 2. The fourth-order valence-electron chi connectivity index (χ4n) is 1.92.